The predicted octanol–water partition coefficient (Wildman–Crippen LogP) is 4.33. The average Bonchev–Trinajstić information content (AvgIpc) is 3.01. The van der Waals surface area contributed by atoms with Crippen LogP contribution in [0.4, 0.5) is 18.0 Å². The van der Waals surface area contributed by atoms with Crippen LogP contribution in [0.3, 0.4) is 0 Å². The third-order valence-electron chi connectivity index (χ3n) is 4.38. The van der Waals surface area contributed by atoms with E-state index in [2.05, 4.69) is 22.2 Å². The van der Waals surface area contributed by atoms with Gasteiger partial charge in [0, 0.05) is 6.04 Å². The number of allylic oxidation sites excluding steroid dienone is 1. The molecule has 9 heteroatoms. The predicted molar refractivity (Wildman–Crippen MR) is 96.3 cm³/mol. The Morgan fingerprint density at radius 3 is 2.64 bits per heavy atom. The van der Waals surface area contributed by atoms with Crippen molar-refractivity contribution in [2.75, 3.05) is 0 Å². The second kappa shape index (κ2) is 7.65. The first kappa shape index (κ1) is 19.9. The number of fused-ring (bicyclic) bond motifs is 1. The molecule has 1 aliphatic rings. The van der Waals surface area contributed by atoms with Crippen LogP contribution in [0.15, 0.2) is 30.8 Å². The molecule has 1 aliphatic carbocycles. The number of nitrogens with one attached hydrogen (secondary N) is 1. The van der Waals surface area contributed by atoms with Gasteiger partial charge in [-0.25, -0.2) is 9.48 Å². The summed E-state index contributed by atoms with van der Waals surface area (Å²) in [5.74, 6) is 0. The Balaban J connectivity index is 1.79. The zero-order valence-electron chi connectivity index (χ0n) is 15.6. The second-order valence-electron chi connectivity index (χ2n) is 7.01. The number of benzene rings is 1. The lowest BCUT2D eigenvalue weighted by atomic mass is 9.94. The van der Waals surface area contributed by atoms with Crippen molar-refractivity contribution in [3.63, 3.8) is 0 Å². The Morgan fingerprint density at radius 1 is 1.36 bits per heavy atom. The van der Waals surface area contributed by atoms with Crippen LogP contribution in [0.25, 0.3) is 5.57 Å². The summed E-state index contributed by atoms with van der Waals surface area (Å²) >= 11 is 0. The number of rotatable bonds is 4. The molecule has 0 aliphatic heterocycles. The van der Waals surface area contributed by atoms with Crippen molar-refractivity contribution in [2.24, 2.45) is 0 Å². The van der Waals surface area contributed by atoms with E-state index in [0.29, 0.717) is 29.8 Å². The van der Waals surface area contributed by atoms with Crippen molar-refractivity contribution in [1.82, 2.24) is 20.3 Å². The molecular formula is C19H21F3N4O2. The quantitative estimate of drug-likeness (QED) is 0.838. The number of halogens is 3. The molecular weight excluding hydrogens is 373 g/mol. The number of alkyl halides is 3. The minimum Gasteiger partial charge on any atom is -0.440 e. The minimum absolute atomic E-state index is 0.0547. The van der Waals surface area contributed by atoms with Crippen LogP contribution in [0.5, 0.6) is 0 Å². The van der Waals surface area contributed by atoms with E-state index in [0.717, 1.165) is 17.7 Å². The minimum atomic E-state index is -4.37. The summed E-state index contributed by atoms with van der Waals surface area (Å²) in [6.07, 6.45) is -4.29. The van der Waals surface area contributed by atoms with Crippen molar-refractivity contribution in [2.45, 2.75) is 51.6 Å². The van der Waals surface area contributed by atoms with E-state index in [9.17, 15) is 18.0 Å². The Morgan fingerprint density at radius 2 is 2.04 bits per heavy atom. The molecule has 0 saturated carbocycles. The summed E-state index contributed by atoms with van der Waals surface area (Å²) < 4.78 is 45.2. The maximum absolute atomic E-state index is 12.7. The van der Waals surface area contributed by atoms with Gasteiger partial charge in [-0.1, -0.05) is 23.9 Å². The van der Waals surface area contributed by atoms with Crippen molar-refractivity contribution in [1.29, 1.82) is 0 Å². The summed E-state index contributed by atoms with van der Waals surface area (Å²) in [5, 5.41) is 10.9. The molecule has 0 spiro atoms. The van der Waals surface area contributed by atoms with E-state index in [4.69, 9.17) is 4.74 Å². The SMILES string of the molecule is C=C1CCC(OC(=O)NC(C)C)c2nnn(Cc3ccc(C(F)(F)F)cc3)c21. The molecule has 0 radical (unpaired) electrons. The molecule has 6 nitrogen and oxygen atoms in total. The molecule has 150 valence electrons. The number of carbonyl (C=O) groups is 1. The van der Waals surface area contributed by atoms with Crippen LogP contribution in [0, 0.1) is 0 Å². The number of hydrogen-bond donors (Lipinski definition) is 1. The fraction of sp³-hybridized carbons (Fsp3) is 0.421. The Labute approximate surface area is 160 Å². The molecule has 3 rings (SSSR count). The van der Waals surface area contributed by atoms with Crippen LogP contribution < -0.4 is 5.32 Å². The molecule has 28 heavy (non-hydrogen) atoms. The number of carbonyl (C=O) groups excluding carboxylic acids is 1. The number of hydrogen-bond acceptors (Lipinski definition) is 4. The standard InChI is InChI=1S/C19H21F3N4O2/c1-11(2)23-18(27)28-15-9-4-12(3)17-16(15)24-25-26(17)10-13-5-7-14(8-6-13)19(20,21)22/h5-8,11,15H,3-4,9-10H2,1-2H3,(H,23,27). The van der Waals surface area contributed by atoms with E-state index in [1.165, 1.54) is 12.1 Å². The number of amides is 1. The molecule has 1 N–H and O–H groups in total. The van der Waals surface area contributed by atoms with Crippen LogP contribution in [-0.2, 0) is 17.5 Å². The number of ether oxygens (including phenoxy) is 1. The summed E-state index contributed by atoms with van der Waals surface area (Å²) in [6, 6.07) is 4.84. The lowest BCUT2D eigenvalue weighted by Gasteiger charge is -2.24. The van der Waals surface area contributed by atoms with E-state index in [-0.39, 0.29) is 12.6 Å². The largest absolute Gasteiger partial charge is 0.440 e. The zero-order chi connectivity index (χ0) is 20.5. The topological polar surface area (TPSA) is 69.0 Å². The van der Waals surface area contributed by atoms with Gasteiger partial charge in [0.1, 0.15) is 11.8 Å². The molecule has 2 aromatic rings. The molecule has 1 heterocycles. The third-order valence-corrected chi connectivity index (χ3v) is 4.38. The maximum atomic E-state index is 12.7. The second-order valence-corrected chi connectivity index (χ2v) is 7.01. The van der Waals surface area contributed by atoms with Crippen LogP contribution in [0.1, 0.15) is 55.3 Å². The number of nitrogens with zero attached hydrogens (tertiary/aromatic N) is 3. The highest BCUT2D eigenvalue weighted by molar-refractivity contribution is 5.69. The van der Waals surface area contributed by atoms with Gasteiger partial charge in [-0.3, -0.25) is 0 Å². The van der Waals surface area contributed by atoms with Gasteiger partial charge in [0.15, 0.2) is 0 Å². The van der Waals surface area contributed by atoms with Crippen molar-refractivity contribution in [3.8, 4) is 0 Å². The molecule has 0 fully saturated rings. The molecule has 1 aromatic heterocycles. The first-order valence-electron chi connectivity index (χ1n) is 8.90. The highest BCUT2D eigenvalue weighted by Crippen LogP contribution is 2.37. The molecule has 1 aromatic carbocycles. The summed E-state index contributed by atoms with van der Waals surface area (Å²) in [4.78, 5) is 11.9. The van der Waals surface area contributed by atoms with Crippen LogP contribution in [-0.4, -0.2) is 27.1 Å². The molecule has 1 unspecified atom stereocenters. The highest BCUT2D eigenvalue weighted by atomic mass is 19.4. The lowest BCUT2D eigenvalue weighted by molar-refractivity contribution is -0.137. The molecule has 0 bridgehead atoms. The van der Waals surface area contributed by atoms with Crippen molar-refractivity contribution < 1.29 is 22.7 Å². The van der Waals surface area contributed by atoms with Gasteiger partial charge in [0.25, 0.3) is 0 Å². The highest BCUT2D eigenvalue weighted by Gasteiger charge is 2.32. The van der Waals surface area contributed by atoms with Gasteiger partial charge in [0.2, 0.25) is 0 Å². The molecule has 0 saturated heterocycles. The van der Waals surface area contributed by atoms with E-state index in [1.807, 2.05) is 13.8 Å². The van der Waals surface area contributed by atoms with Gasteiger partial charge in [-0.2, -0.15) is 13.2 Å². The van der Waals surface area contributed by atoms with Crippen molar-refractivity contribution >= 4 is 11.7 Å². The lowest BCUT2D eigenvalue weighted by Crippen LogP contribution is -2.32. The summed E-state index contributed by atoms with van der Waals surface area (Å²) in [5.41, 5.74) is 1.92. The fourth-order valence-corrected chi connectivity index (χ4v) is 3.06. The zero-order valence-corrected chi connectivity index (χ0v) is 15.6. The molecule has 1 atom stereocenters. The van der Waals surface area contributed by atoms with Gasteiger partial charge >= 0.3 is 12.3 Å². The fourth-order valence-electron chi connectivity index (χ4n) is 3.06. The van der Waals surface area contributed by atoms with Gasteiger partial charge < -0.3 is 10.1 Å². The number of aromatic nitrogens is 3. The average molecular weight is 394 g/mol. The Hall–Kier alpha value is -2.84. The maximum Gasteiger partial charge on any atom is 0.416 e. The van der Waals surface area contributed by atoms with Gasteiger partial charge in [-0.15, -0.1) is 5.10 Å². The van der Waals surface area contributed by atoms with Gasteiger partial charge in [-0.05, 0) is 50.0 Å². The Bertz CT molecular complexity index is 872. The monoisotopic (exact) mass is 394 g/mol. The normalized spacial score (nSPS) is 16.8. The summed E-state index contributed by atoms with van der Waals surface area (Å²) in [6.45, 7) is 7.93. The summed E-state index contributed by atoms with van der Waals surface area (Å²) in [7, 11) is 0. The van der Waals surface area contributed by atoms with Gasteiger partial charge in [0.05, 0.1) is 17.8 Å². The number of alkyl carbamates (subject to hydrolysis) is 1. The van der Waals surface area contributed by atoms with Crippen molar-refractivity contribution in [3.05, 3.63) is 53.4 Å². The van der Waals surface area contributed by atoms with Crippen LogP contribution >= 0.6 is 0 Å². The first-order valence-corrected chi connectivity index (χ1v) is 8.90. The first-order chi connectivity index (χ1) is 13.1. The van der Waals surface area contributed by atoms with Crippen LogP contribution in [0.2, 0.25) is 0 Å². The van der Waals surface area contributed by atoms with E-state index < -0.39 is 23.9 Å². The van der Waals surface area contributed by atoms with E-state index in [1.54, 1.807) is 4.68 Å². The Kier molecular flexibility index (Phi) is 5.44. The smallest absolute Gasteiger partial charge is 0.416 e. The molecule has 1 amide bonds. The third kappa shape index (κ3) is 4.35. The van der Waals surface area contributed by atoms with E-state index >= 15 is 0 Å².